The molecular weight excluding hydrogens is 947 g/mol. The van der Waals surface area contributed by atoms with Crippen molar-refractivity contribution in [3.8, 4) is 0 Å². The van der Waals surface area contributed by atoms with E-state index in [1.54, 1.807) is 6.08 Å². The minimum absolute atomic E-state index is 0.0171. The van der Waals surface area contributed by atoms with Crippen LogP contribution in [-0.4, -0.2) is 47.4 Å². The molecule has 0 heterocycles. The van der Waals surface area contributed by atoms with Crippen LogP contribution in [0.2, 0.25) is 0 Å². The summed E-state index contributed by atoms with van der Waals surface area (Å²) < 4.78 is 5.50. The van der Waals surface area contributed by atoms with Crippen LogP contribution in [0, 0.1) is 0 Å². The summed E-state index contributed by atoms with van der Waals surface area (Å²) in [4.78, 5) is 24.5. The van der Waals surface area contributed by atoms with Crippen molar-refractivity contribution in [2.45, 2.75) is 392 Å². The smallest absolute Gasteiger partial charge is 0.305 e. The Labute approximate surface area is 481 Å². The van der Waals surface area contributed by atoms with Gasteiger partial charge in [-0.25, -0.2) is 0 Å². The van der Waals surface area contributed by atoms with Crippen LogP contribution in [0.4, 0.5) is 0 Å². The van der Waals surface area contributed by atoms with Crippen molar-refractivity contribution in [3.63, 3.8) is 0 Å². The monoisotopic (exact) mass is 1080 g/mol. The molecule has 2 unspecified atom stereocenters. The molecule has 0 aromatic heterocycles. The standard InChI is InChI=1S/C71H135NO5/c1-3-5-7-9-11-13-15-17-18-34-38-41-45-49-53-57-61-65-71(76)77-66-62-58-54-50-46-42-39-36-33-31-29-27-25-23-21-19-20-22-24-26-28-30-32-35-37-40-44-48-52-56-60-64-70(75)72-68(67-73)69(74)63-59-55-51-47-43-16-14-12-10-8-6-4-2/h21,23,27,29,59,63,68-69,73-74H,3-20,22,24-26,28,30-58,60-62,64-67H2,1-2H3,(H,72,75)/b23-21-,29-27-,63-59+. The molecule has 0 radical (unpaired) electrons. The zero-order valence-electron chi connectivity index (χ0n) is 52.0. The first-order valence-electron chi connectivity index (χ1n) is 34.8. The Hall–Kier alpha value is -1.92. The molecule has 1 amide bonds. The second-order valence-corrected chi connectivity index (χ2v) is 23.9. The molecule has 0 rings (SSSR count). The maximum absolute atomic E-state index is 12.4. The number of nitrogens with one attached hydrogen (secondary N) is 1. The van der Waals surface area contributed by atoms with E-state index in [2.05, 4.69) is 43.5 Å². The number of carbonyl (C=O) groups excluding carboxylic acids is 2. The molecule has 0 aromatic carbocycles. The molecule has 0 aliphatic carbocycles. The largest absolute Gasteiger partial charge is 0.466 e. The summed E-state index contributed by atoms with van der Waals surface area (Å²) in [7, 11) is 0. The highest BCUT2D eigenvalue weighted by atomic mass is 16.5. The van der Waals surface area contributed by atoms with Gasteiger partial charge in [-0.1, -0.05) is 339 Å². The number of aliphatic hydroxyl groups excluding tert-OH is 2. The molecule has 0 fully saturated rings. The maximum atomic E-state index is 12.4. The Morgan fingerprint density at radius 3 is 0.987 bits per heavy atom. The number of amides is 1. The third-order valence-electron chi connectivity index (χ3n) is 16.2. The minimum atomic E-state index is -0.843. The van der Waals surface area contributed by atoms with E-state index in [-0.39, 0.29) is 18.5 Å². The van der Waals surface area contributed by atoms with Gasteiger partial charge in [0.25, 0.3) is 0 Å². The Balaban J connectivity index is 3.38. The number of ether oxygens (including phenoxy) is 1. The summed E-state index contributed by atoms with van der Waals surface area (Å²) in [6, 6.07) is -0.626. The third-order valence-corrected chi connectivity index (χ3v) is 16.2. The van der Waals surface area contributed by atoms with Gasteiger partial charge in [-0.3, -0.25) is 9.59 Å². The van der Waals surface area contributed by atoms with Crippen molar-refractivity contribution >= 4 is 11.9 Å². The lowest BCUT2D eigenvalue weighted by atomic mass is 10.0. The van der Waals surface area contributed by atoms with E-state index in [0.717, 1.165) is 44.9 Å². The van der Waals surface area contributed by atoms with Gasteiger partial charge in [0.1, 0.15) is 0 Å². The van der Waals surface area contributed by atoms with Crippen LogP contribution in [0.1, 0.15) is 380 Å². The van der Waals surface area contributed by atoms with E-state index in [1.807, 2.05) is 6.08 Å². The van der Waals surface area contributed by atoms with Crippen LogP contribution in [0.5, 0.6) is 0 Å². The zero-order chi connectivity index (χ0) is 55.7. The van der Waals surface area contributed by atoms with Gasteiger partial charge in [0.05, 0.1) is 25.4 Å². The molecule has 0 spiro atoms. The van der Waals surface area contributed by atoms with Crippen LogP contribution in [0.25, 0.3) is 0 Å². The first kappa shape index (κ1) is 75.1. The number of aliphatic hydroxyl groups is 2. The molecule has 6 heteroatoms. The number of hydrogen-bond acceptors (Lipinski definition) is 5. The topological polar surface area (TPSA) is 95.9 Å². The molecule has 0 saturated carbocycles. The summed E-state index contributed by atoms with van der Waals surface area (Å²) in [6.45, 7) is 4.92. The zero-order valence-corrected chi connectivity index (χ0v) is 52.0. The van der Waals surface area contributed by atoms with E-state index in [9.17, 15) is 19.8 Å². The number of hydrogen-bond donors (Lipinski definition) is 3. The van der Waals surface area contributed by atoms with Crippen LogP contribution in [0.15, 0.2) is 36.5 Å². The number of esters is 1. The highest BCUT2D eigenvalue weighted by molar-refractivity contribution is 5.76. The van der Waals surface area contributed by atoms with Crippen molar-refractivity contribution in [2.24, 2.45) is 0 Å². The molecule has 0 saturated heterocycles. The van der Waals surface area contributed by atoms with Crippen LogP contribution < -0.4 is 5.32 Å². The quantitative estimate of drug-likeness (QED) is 0.0320. The Kier molecular flexibility index (Phi) is 64.9. The lowest BCUT2D eigenvalue weighted by molar-refractivity contribution is -0.143. The van der Waals surface area contributed by atoms with Gasteiger partial charge in [0.15, 0.2) is 0 Å². The predicted molar refractivity (Wildman–Crippen MR) is 338 cm³/mol. The number of carbonyl (C=O) groups is 2. The molecule has 0 aliphatic rings. The first-order valence-corrected chi connectivity index (χ1v) is 34.8. The fourth-order valence-corrected chi connectivity index (χ4v) is 10.8. The first-order chi connectivity index (χ1) is 38.0. The van der Waals surface area contributed by atoms with Gasteiger partial charge in [-0.2, -0.15) is 0 Å². The fourth-order valence-electron chi connectivity index (χ4n) is 10.8. The second kappa shape index (κ2) is 66.6. The summed E-state index contributed by atoms with van der Waals surface area (Å²) in [5.74, 6) is -0.0497. The van der Waals surface area contributed by atoms with E-state index in [0.29, 0.717) is 19.4 Å². The molecule has 2 atom stereocenters. The third kappa shape index (κ3) is 63.1. The second-order valence-electron chi connectivity index (χ2n) is 23.9. The van der Waals surface area contributed by atoms with Gasteiger partial charge >= 0.3 is 5.97 Å². The predicted octanol–water partition coefficient (Wildman–Crippen LogP) is 22.3. The maximum Gasteiger partial charge on any atom is 0.305 e. The van der Waals surface area contributed by atoms with E-state index < -0.39 is 12.1 Å². The summed E-state index contributed by atoms with van der Waals surface area (Å²) in [5, 5.41) is 23.1. The summed E-state index contributed by atoms with van der Waals surface area (Å²) in [5.41, 5.74) is 0. The Morgan fingerprint density at radius 2 is 0.649 bits per heavy atom. The van der Waals surface area contributed by atoms with Crippen molar-refractivity contribution in [1.82, 2.24) is 5.32 Å². The number of allylic oxidation sites excluding steroid dienone is 5. The molecule has 77 heavy (non-hydrogen) atoms. The summed E-state index contributed by atoms with van der Waals surface area (Å²) in [6.07, 6.45) is 85.1. The fraction of sp³-hybridized carbons (Fsp3) is 0.887. The average molecular weight is 1080 g/mol. The molecule has 6 nitrogen and oxygen atoms in total. The van der Waals surface area contributed by atoms with E-state index in [4.69, 9.17) is 4.74 Å². The Morgan fingerprint density at radius 1 is 0.364 bits per heavy atom. The van der Waals surface area contributed by atoms with E-state index in [1.165, 1.54) is 308 Å². The van der Waals surface area contributed by atoms with Crippen molar-refractivity contribution in [3.05, 3.63) is 36.5 Å². The van der Waals surface area contributed by atoms with Crippen LogP contribution in [-0.2, 0) is 14.3 Å². The minimum Gasteiger partial charge on any atom is -0.466 e. The Bertz CT molecular complexity index is 1250. The number of unbranched alkanes of at least 4 members (excludes halogenated alkanes) is 50. The van der Waals surface area contributed by atoms with Gasteiger partial charge in [0.2, 0.25) is 5.91 Å². The molecule has 454 valence electrons. The van der Waals surface area contributed by atoms with Gasteiger partial charge in [-0.05, 0) is 64.2 Å². The van der Waals surface area contributed by atoms with Crippen LogP contribution >= 0.6 is 0 Å². The summed E-state index contributed by atoms with van der Waals surface area (Å²) >= 11 is 0. The van der Waals surface area contributed by atoms with Gasteiger partial charge < -0.3 is 20.3 Å². The van der Waals surface area contributed by atoms with E-state index >= 15 is 0 Å². The molecule has 0 aliphatic heterocycles. The molecule has 3 N–H and O–H groups in total. The van der Waals surface area contributed by atoms with Gasteiger partial charge in [-0.15, -0.1) is 0 Å². The molecular formula is C71H135NO5. The normalized spacial score (nSPS) is 12.7. The van der Waals surface area contributed by atoms with Gasteiger partial charge in [0, 0.05) is 12.8 Å². The van der Waals surface area contributed by atoms with Crippen molar-refractivity contribution < 1.29 is 24.5 Å². The van der Waals surface area contributed by atoms with Crippen LogP contribution in [0.3, 0.4) is 0 Å². The van der Waals surface area contributed by atoms with Crippen molar-refractivity contribution in [2.75, 3.05) is 13.2 Å². The average Bonchev–Trinajstić information content (AvgIpc) is 3.43. The molecule has 0 bridgehead atoms. The SMILES string of the molecule is CCCCCCCCCCCC/C=C/C(O)C(CO)NC(=O)CCCCCCCCCCCCCCCCC/C=C\C/C=C\CCCCCCCCCCCOC(=O)CCCCCCCCCCCCCCCCCCC. The van der Waals surface area contributed by atoms with Crippen molar-refractivity contribution in [1.29, 1.82) is 0 Å². The lowest BCUT2D eigenvalue weighted by Gasteiger charge is -2.20. The number of rotatable bonds is 65. The highest BCUT2D eigenvalue weighted by Crippen LogP contribution is 2.18. The highest BCUT2D eigenvalue weighted by Gasteiger charge is 2.18. The lowest BCUT2D eigenvalue weighted by Crippen LogP contribution is -2.45. The molecule has 0 aromatic rings.